The molecule has 0 bridgehead atoms. The summed E-state index contributed by atoms with van der Waals surface area (Å²) in [4.78, 5) is 0. The first-order chi connectivity index (χ1) is 9.54. The molecule has 5 heteroatoms. The molecule has 0 atom stereocenters. The summed E-state index contributed by atoms with van der Waals surface area (Å²) in [5.41, 5.74) is 1.01. The highest BCUT2D eigenvalue weighted by molar-refractivity contribution is 7.99. The topological polar surface area (TPSA) is 21.3 Å². The number of halogens is 2. The van der Waals surface area contributed by atoms with Gasteiger partial charge in [-0.3, -0.25) is 0 Å². The fourth-order valence-electron chi connectivity index (χ4n) is 1.70. The highest BCUT2D eigenvalue weighted by Crippen LogP contribution is 2.32. The van der Waals surface area contributed by atoms with Crippen molar-refractivity contribution in [3.05, 3.63) is 27.7 Å². The van der Waals surface area contributed by atoms with E-state index in [0.29, 0.717) is 29.2 Å². The number of benzene rings is 1. The summed E-state index contributed by atoms with van der Waals surface area (Å²) in [6.45, 7) is 7.76. The van der Waals surface area contributed by atoms with Gasteiger partial charge in [-0.1, -0.05) is 44.0 Å². The zero-order valence-corrected chi connectivity index (χ0v) is 14.7. The predicted molar refractivity (Wildman–Crippen MR) is 91.5 cm³/mol. The number of nitrogens with one attached hydrogen (secondary N) is 1. The Morgan fingerprint density at radius 2 is 2.05 bits per heavy atom. The summed E-state index contributed by atoms with van der Waals surface area (Å²) in [6, 6.07) is 4.05. The van der Waals surface area contributed by atoms with Crippen molar-refractivity contribution in [2.24, 2.45) is 0 Å². The van der Waals surface area contributed by atoms with E-state index in [9.17, 15) is 0 Å². The number of ether oxygens (including phenoxy) is 1. The van der Waals surface area contributed by atoms with Crippen LogP contribution in [0.4, 0.5) is 0 Å². The predicted octanol–water partition coefficient (Wildman–Crippen LogP) is 5.01. The van der Waals surface area contributed by atoms with Gasteiger partial charge in [0, 0.05) is 23.2 Å². The van der Waals surface area contributed by atoms with Gasteiger partial charge in [-0.25, -0.2) is 0 Å². The maximum absolute atomic E-state index is 6.25. The lowest BCUT2D eigenvalue weighted by atomic mass is 10.2. The Kier molecular flexibility index (Phi) is 8.78. The molecule has 1 aromatic carbocycles. The lowest BCUT2D eigenvalue weighted by Gasteiger charge is -2.15. The van der Waals surface area contributed by atoms with E-state index in [0.717, 1.165) is 29.2 Å². The molecule has 0 unspecified atom stereocenters. The first kappa shape index (κ1) is 18.0. The molecule has 0 fully saturated rings. The summed E-state index contributed by atoms with van der Waals surface area (Å²) in [7, 11) is 0. The van der Waals surface area contributed by atoms with E-state index in [1.165, 1.54) is 0 Å². The lowest BCUT2D eigenvalue weighted by molar-refractivity contribution is 0.314. The molecule has 0 radical (unpaired) electrons. The molecular formula is C15H23Cl2NOS. The van der Waals surface area contributed by atoms with Crippen LogP contribution in [0.2, 0.25) is 10.0 Å². The summed E-state index contributed by atoms with van der Waals surface area (Å²) in [6.07, 6.45) is 1.02. The Hall–Kier alpha value is -0.0900. The minimum Gasteiger partial charge on any atom is -0.492 e. The van der Waals surface area contributed by atoms with E-state index in [1.807, 2.05) is 17.8 Å². The van der Waals surface area contributed by atoms with Gasteiger partial charge in [0.05, 0.1) is 11.6 Å². The van der Waals surface area contributed by atoms with Crippen LogP contribution in [0, 0.1) is 0 Å². The van der Waals surface area contributed by atoms with Crippen molar-refractivity contribution in [1.82, 2.24) is 5.32 Å². The molecule has 1 rings (SSSR count). The number of thioether (sulfide) groups is 1. The molecule has 1 aromatic rings. The van der Waals surface area contributed by atoms with Gasteiger partial charge in [0.25, 0.3) is 0 Å². The van der Waals surface area contributed by atoms with Gasteiger partial charge >= 0.3 is 0 Å². The normalized spacial score (nSPS) is 11.1. The zero-order chi connectivity index (χ0) is 15.0. The average molecular weight is 336 g/mol. The largest absolute Gasteiger partial charge is 0.492 e. The maximum Gasteiger partial charge on any atom is 0.142 e. The van der Waals surface area contributed by atoms with Crippen molar-refractivity contribution >= 4 is 35.0 Å². The van der Waals surface area contributed by atoms with E-state index in [1.54, 1.807) is 6.07 Å². The highest BCUT2D eigenvalue weighted by atomic mass is 35.5. The second-order valence-corrected chi connectivity index (χ2v) is 7.05. The van der Waals surface area contributed by atoms with Crippen molar-refractivity contribution in [3.63, 3.8) is 0 Å². The van der Waals surface area contributed by atoms with Crippen molar-refractivity contribution in [2.45, 2.75) is 39.8 Å². The van der Waals surface area contributed by atoms with Gasteiger partial charge in [-0.05, 0) is 30.1 Å². The molecule has 1 N–H and O–H groups in total. The lowest BCUT2D eigenvalue weighted by Crippen LogP contribution is -2.22. The molecular weight excluding hydrogens is 313 g/mol. The highest BCUT2D eigenvalue weighted by Gasteiger charge is 2.11. The van der Waals surface area contributed by atoms with Crippen LogP contribution in [-0.4, -0.2) is 24.2 Å². The summed E-state index contributed by atoms with van der Waals surface area (Å²) in [5.74, 6) is 3.01. The molecule has 0 aromatic heterocycles. The third-order valence-corrected chi connectivity index (χ3v) is 4.15. The van der Waals surface area contributed by atoms with Gasteiger partial charge in [-0.2, -0.15) is 11.8 Å². The molecule has 114 valence electrons. The smallest absolute Gasteiger partial charge is 0.142 e. The second kappa shape index (κ2) is 9.78. The summed E-state index contributed by atoms with van der Waals surface area (Å²) < 4.78 is 5.86. The standard InChI is InChI=1S/C15H23Cl2NOS/c1-4-20-7-5-6-19-15-12(10-18-11(2)3)8-13(16)9-14(15)17/h8-9,11,18H,4-7,10H2,1-3H3. The molecule has 0 spiro atoms. The van der Waals surface area contributed by atoms with Crippen LogP contribution < -0.4 is 10.1 Å². The number of rotatable bonds is 9. The van der Waals surface area contributed by atoms with Crippen LogP contribution in [0.25, 0.3) is 0 Å². The van der Waals surface area contributed by atoms with Crippen molar-refractivity contribution < 1.29 is 4.74 Å². The second-order valence-electron chi connectivity index (χ2n) is 4.81. The average Bonchev–Trinajstić information content (AvgIpc) is 2.38. The third kappa shape index (κ3) is 6.57. The molecule has 0 saturated carbocycles. The number of hydrogen-bond acceptors (Lipinski definition) is 3. The molecule has 0 aliphatic carbocycles. The molecule has 2 nitrogen and oxygen atoms in total. The fourth-order valence-corrected chi connectivity index (χ4v) is 2.90. The van der Waals surface area contributed by atoms with Crippen LogP contribution in [0.5, 0.6) is 5.75 Å². The molecule has 0 heterocycles. The minimum atomic E-state index is 0.404. The quantitative estimate of drug-likeness (QED) is 0.640. The SMILES string of the molecule is CCSCCCOc1c(Cl)cc(Cl)cc1CNC(C)C. The van der Waals surface area contributed by atoms with Gasteiger partial charge in [0.2, 0.25) is 0 Å². The fraction of sp³-hybridized carbons (Fsp3) is 0.600. The number of hydrogen-bond donors (Lipinski definition) is 1. The Bertz CT molecular complexity index is 413. The monoisotopic (exact) mass is 335 g/mol. The zero-order valence-electron chi connectivity index (χ0n) is 12.3. The van der Waals surface area contributed by atoms with Crippen molar-refractivity contribution in [2.75, 3.05) is 18.1 Å². The Labute approximate surface area is 136 Å². The van der Waals surface area contributed by atoms with Crippen LogP contribution in [0.3, 0.4) is 0 Å². The van der Waals surface area contributed by atoms with E-state index in [4.69, 9.17) is 27.9 Å². The van der Waals surface area contributed by atoms with Gasteiger partial charge in [0.15, 0.2) is 0 Å². The van der Waals surface area contributed by atoms with Crippen molar-refractivity contribution in [3.8, 4) is 5.75 Å². The summed E-state index contributed by atoms with van der Waals surface area (Å²) in [5, 5.41) is 4.59. The van der Waals surface area contributed by atoms with E-state index in [-0.39, 0.29) is 0 Å². The molecule has 0 saturated heterocycles. The van der Waals surface area contributed by atoms with Gasteiger partial charge in [0.1, 0.15) is 5.75 Å². The third-order valence-electron chi connectivity index (χ3n) is 2.67. The molecule has 0 amide bonds. The van der Waals surface area contributed by atoms with Gasteiger partial charge in [-0.15, -0.1) is 0 Å². The Morgan fingerprint density at radius 3 is 2.70 bits per heavy atom. The van der Waals surface area contributed by atoms with Gasteiger partial charge < -0.3 is 10.1 Å². The molecule has 0 aliphatic heterocycles. The van der Waals surface area contributed by atoms with Crippen LogP contribution in [-0.2, 0) is 6.54 Å². The summed E-state index contributed by atoms with van der Waals surface area (Å²) >= 11 is 14.2. The maximum atomic E-state index is 6.25. The van der Waals surface area contributed by atoms with E-state index in [2.05, 4.69) is 26.1 Å². The van der Waals surface area contributed by atoms with Crippen LogP contribution in [0.15, 0.2) is 12.1 Å². The molecule has 0 aliphatic rings. The molecule has 20 heavy (non-hydrogen) atoms. The minimum absolute atomic E-state index is 0.404. The Balaban J connectivity index is 2.66. The van der Waals surface area contributed by atoms with E-state index >= 15 is 0 Å². The van der Waals surface area contributed by atoms with Crippen LogP contribution in [0.1, 0.15) is 32.8 Å². The van der Waals surface area contributed by atoms with Crippen LogP contribution >= 0.6 is 35.0 Å². The first-order valence-electron chi connectivity index (χ1n) is 6.96. The first-order valence-corrected chi connectivity index (χ1v) is 8.87. The van der Waals surface area contributed by atoms with E-state index < -0.39 is 0 Å². The van der Waals surface area contributed by atoms with Crippen molar-refractivity contribution in [1.29, 1.82) is 0 Å². The Morgan fingerprint density at radius 1 is 1.30 bits per heavy atom.